The molecule has 6 aromatic rings. The number of imidazole rings is 1. The number of pyridine rings is 1. The van der Waals surface area contributed by atoms with Gasteiger partial charge in [-0.15, -0.1) is 0 Å². The first-order valence-corrected chi connectivity index (χ1v) is 28.9. The van der Waals surface area contributed by atoms with Crippen LogP contribution in [0.4, 0.5) is 22.2 Å². The van der Waals surface area contributed by atoms with Crippen molar-refractivity contribution in [2.75, 3.05) is 87.7 Å². The number of aromatic nitrogens is 7. The first kappa shape index (κ1) is 63.3. The topological polar surface area (TPSA) is 391 Å². The van der Waals surface area contributed by atoms with E-state index in [4.69, 9.17) is 40.1 Å². The van der Waals surface area contributed by atoms with Crippen LogP contribution in [-0.4, -0.2) is 163 Å². The Morgan fingerprint density at radius 1 is 0.793 bits per heavy atom. The Morgan fingerprint density at radius 2 is 1.51 bits per heavy atom. The van der Waals surface area contributed by atoms with E-state index in [2.05, 4.69) is 57.7 Å². The lowest BCUT2D eigenvalue weighted by Crippen LogP contribution is -2.42. The summed E-state index contributed by atoms with van der Waals surface area (Å²) in [7, 11) is 2.51. The van der Waals surface area contributed by atoms with Gasteiger partial charge in [-0.2, -0.15) is 4.98 Å². The van der Waals surface area contributed by atoms with Crippen molar-refractivity contribution in [1.29, 1.82) is 0 Å². The summed E-state index contributed by atoms with van der Waals surface area (Å²) in [5, 5.41) is 31.0. The lowest BCUT2D eigenvalue weighted by Gasteiger charge is -2.26. The minimum Gasteiger partial charge on any atom is -0.480 e. The highest BCUT2D eigenvalue weighted by Gasteiger charge is 2.27. The average Bonchev–Trinajstić information content (AvgIpc) is 3.81. The normalized spacial score (nSPS) is 12.2. The SMILES string of the molecule is CCCCc1nc2c(N)nc3ccccc3c2n1CC(C)(C)COC(=O)OCCSSC[C@H](NC(=O)CCOCCOCCOCCNC(=O)CCC(NC(=O)c1ccc(NCc2cnc3nc(N)[nH]c(=O)c3n2)cc1)C(=O)O)C(=O)O. The summed E-state index contributed by atoms with van der Waals surface area (Å²) in [6.07, 6.45) is 2.93. The number of carbonyl (C=O) groups is 6. The van der Waals surface area contributed by atoms with E-state index in [1.54, 1.807) is 12.1 Å². The third-order valence-electron chi connectivity index (χ3n) is 12.1. The van der Waals surface area contributed by atoms with Crippen LogP contribution < -0.4 is 38.3 Å². The molecule has 27 nitrogen and oxygen atoms in total. The molecule has 6 rings (SSSR count). The number of nitrogens with zero attached hydrogens (tertiary/aromatic N) is 6. The molecule has 1 unspecified atom stereocenters. The summed E-state index contributed by atoms with van der Waals surface area (Å²) in [5.74, 6) is -2.46. The molecule has 0 fully saturated rings. The van der Waals surface area contributed by atoms with Gasteiger partial charge in [0.1, 0.15) is 36.6 Å². The summed E-state index contributed by atoms with van der Waals surface area (Å²) < 4.78 is 29.3. The minimum atomic E-state index is -1.32. The van der Waals surface area contributed by atoms with Crippen LogP contribution >= 0.6 is 21.6 Å². The quantitative estimate of drug-likeness (QED) is 0.0152. The summed E-state index contributed by atoms with van der Waals surface area (Å²) in [6, 6.07) is 11.5. The van der Waals surface area contributed by atoms with Gasteiger partial charge in [-0.1, -0.05) is 67.0 Å². The van der Waals surface area contributed by atoms with Crippen LogP contribution in [0.1, 0.15) is 74.8 Å². The van der Waals surface area contributed by atoms with Crippen molar-refractivity contribution in [2.24, 2.45) is 5.41 Å². The number of carboxylic acid groups (broad SMARTS) is 2. The van der Waals surface area contributed by atoms with Gasteiger partial charge in [0, 0.05) is 65.9 Å². The standard InChI is InChI=1S/C53H69N13O14S2/c1-4-5-10-39-63-42-44(35-8-6-7-9-36(35)61-45(42)54)66(39)30-53(2,3)31-80-52(75)79-25-26-81-82-29-38(50(73)74)60-41(68)17-19-76-21-23-78-24-22-77-20-18-56-40(67)16-15-37(49(71)72)62-47(69)32-11-13-33(14-12-32)57-27-34-28-58-46-43(59-34)48(70)65-51(55)64-46/h6-9,11-14,28,37-38,57H,4-5,10,15-27,29-31H2,1-3H3,(H2,54,61)(H,56,67)(H,60,68)(H,62,69)(H,71,72)(H,73,74)(H3,55,58,64,65,70)/t37?,38-/m0/s1. The first-order chi connectivity index (χ1) is 39.4. The zero-order valence-corrected chi connectivity index (χ0v) is 47.4. The number of nitrogens with one attached hydrogen (secondary N) is 5. The number of carbonyl (C=O) groups excluding carboxylic acids is 4. The number of anilines is 3. The molecular weight excluding hydrogens is 1110 g/mol. The van der Waals surface area contributed by atoms with Gasteiger partial charge in [0.25, 0.3) is 11.5 Å². The summed E-state index contributed by atoms with van der Waals surface area (Å²) >= 11 is 0. The average molecular weight is 1180 g/mol. The van der Waals surface area contributed by atoms with Crippen molar-refractivity contribution in [3.63, 3.8) is 0 Å². The maximum Gasteiger partial charge on any atom is 0.508 e. The number of carboxylic acids is 2. The van der Waals surface area contributed by atoms with Crippen molar-refractivity contribution in [3.05, 3.63) is 82.2 Å². The minimum absolute atomic E-state index is 0.0306. The van der Waals surface area contributed by atoms with Gasteiger partial charge in [-0.05, 0) is 43.2 Å². The number of H-pyrrole nitrogens is 1. The molecule has 29 heteroatoms. The molecule has 3 amide bonds. The fourth-order valence-corrected chi connectivity index (χ4v) is 9.95. The highest BCUT2D eigenvalue weighted by atomic mass is 33.1. The Kier molecular flexibility index (Phi) is 24.7. The van der Waals surface area contributed by atoms with Crippen molar-refractivity contribution < 1.29 is 62.7 Å². The monoisotopic (exact) mass is 1180 g/mol. The highest BCUT2D eigenvalue weighted by molar-refractivity contribution is 8.76. The van der Waals surface area contributed by atoms with E-state index in [1.165, 1.54) is 39.9 Å². The summed E-state index contributed by atoms with van der Waals surface area (Å²) in [4.78, 5) is 110. The predicted molar refractivity (Wildman–Crippen MR) is 308 cm³/mol. The van der Waals surface area contributed by atoms with Crippen LogP contribution in [0.25, 0.3) is 33.1 Å². The van der Waals surface area contributed by atoms with Gasteiger partial charge in [-0.25, -0.2) is 34.3 Å². The lowest BCUT2D eigenvalue weighted by molar-refractivity contribution is -0.141. The maximum atomic E-state index is 12.8. The van der Waals surface area contributed by atoms with Gasteiger partial charge < -0.3 is 71.2 Å². The number of aliphatic carboxylic acids is 2. The number of aryl methyl sites for hydroxylation is 1. The molecule has 4 aromatic heterocycles. The van der Waals surface area contributed by atoms with Crippen molar-refractivity contribution in [2.45, 2.75) is 84.5 Å². The number of rotatable bonds is 36. The van der Waals surface area contributed by atoms with E-state index in [9.17, 15) is 43.8 Å². The third-order valence-corrected chi connectivity index (χ3v) is 14.5. The number of aromatic amines is 1. The molecule has 442 valence electrons. The summed E-state index contributed by atoms with van der Waals surface area (Å²) in [5.41, 5.74) is 14.6. The molecule has 4 heterocycles. The van der Waals surface area contributed by atoms with Crippen LogP contribution in [0.2, 0.25) is 0 Å². The Hall–Kier alpha value is -7.86. The number of amides is 3. The van der Waals surface area contributed by atoms with Crippen LogP contribution in [0.15, 0.2) is 59.5 Å². The highest BCUT2D eigenvalue weighted by Crippen LogP contribution is 2.32. The lowest BCUT2D eigenvalue weighted by atomic mass is 9.94. The molecule has 0 saturated heterocycles. The van der Waals surface area contributed by atoms with E-state index < -0.39 is 58.9 Å². The molecule has 0 saturated carbocycles. The van der Waals surface area contributed by atoms with Crippen molar-refractivity contribution in [1.82, 2.24) is 50.4 Å². The van der Waals surface area contributed by atoms with Gasteiger partial charge in [0.2, 0.25) is 17.8 Å². The molecule has 2 aromatic carbocycles. The second-order valence-electron chi connectivity index (χ2n) is 19.3. The number of benzene rings is 2. The van der Waals surface area contributed by atoms with E-state index in [-0.39, 0.29) is 114 Å². The van der Waals surface area contributed by atoms with Crippen LogP contribution in [0.3, 0.4) is 0 Å². The number of ether oxygens (including phenoxy) is 5. The third kappa shape index (κ3) is 20.0. The largest absolute Gasteiger partial charge is 0.508 e. The first-order valence-electron chi connectivity index (χ1n) is 26.4. The molecule has 0 aliphatic heterocycles. The fourth-order valence-electron chi connectivity index (χ4n) is 7.97. The number of nitrogens with two attached hydrogens (primary N) is 2. The Morgan fingerprint density at radius 3 is 2.24 bits per heavy atom. The Balaban J connectivity index is 0.745. The van der Waals surface area contributed by atoms with E-state index >= 15 is 0 Å². The van der Waals surface area contributed by atoms with Crippen molar-refractivity contribution >= 4 is 108 Å². The zero-order valence-electron chi connectivity index (χ0n) is 45.7. The van der Waals surface area contributed by atoms with Crippen LogP contribution in [0.5, 0.6) is 0 Å². The summed E-state index contributed by atoms with van der Waals surface area (Å²) in [6.45, 7) is 8.08. The van der Waals surface area contributed by atoms with Gasteiger partial charge in [-0.3, -0.25) is 24.2 Å². The predicted octanol–water partition coefficient (Wildman–Crippen LogP) is 4.08. The second kappa shape index (κ2) is 32.0. The Bertz CT molecular complexity index is 3200. The fraction of sp³-hybridized carbons (Fsp3) is 0.472. The maximum absolute atomic E-state index is 12.8. The molecular formula is C53H69N13O14S2. The molecule has 2 atom stereocenters. The van der Waals surface area contributed by atoms with E-state index in [1.807, 2.05) is 38.1 Å². The molecule has 11 N–H and O–H groups in total. The number of fused-ring (bicyclic) bond motifs is 4. The van der Waals surface area contributed by atoms with Gasteiger partial charge in [0.15, 0.2) is 17.0 Å². The van der Waals surface area contributed by atoms with Crippen molar-refractivity contribution in [3.8, 4) is 0 Å². The zero-order chi connectivity index (χ0) is 59.0. The number of hydrogen-bond acceptors (Lipinski definition) is 22. The van der Waals surface area contributed by atoms with Crippen LogP contribution in [-0.2, 0) is 62.4 Å². The smallest absolute Gasteiger partial charge is 0.480 e. The van der Waals surface area contributed by atoms with Crippen LogP contribution in [0, 0.1) is 5.41 Å². The molecule has 0 radical (unpaired) electrons. The van der Waals surface area contributed by atoms with E-state index in [0.29, 0.717) is 35.0 Å². The molecule has 0 aliphatic carbocycles. The number of hydrogen-bond donors (Lipinski definition) is 9. The second-order valence-corrected chi connectivity index (χ2v) is 21.9. The van der Waals surface area contributed by atoms with Gasteiger partial charge in [0.05, 0.1) is 69.1 Å². The molecule has 0 bridgehead atoms. The molecule has 82 heavy (non-hydrogen) atoms. The van der Waals surface area contributed by atoms with E-state index in [0.717, 1.165) is 41.5 Å². The molecule has 0 spiro atoms. The number of nitrogen functional groups attached to an aromatic ring is 2. The Labute approximate surface area is 478 Å². The number of para-hydroxylation sites is 1. The molecule has 0 aliphatic rings. The number of unbranched alkanes of at least 4 members (excludes halogenated alkanes) is 1. The van der Waals surface area contributed by atoms with Gasteiger partial charge >= 0.3 is 18.1 Å².